The summed E-state index contributed by atoms with van der Waals surface area (Å²) in [4.78, 5) is 18.6. The van der Waals surface area contributed by atoms with Gasteiger partial charge in [0, 0.05) is 38.4 Å². The molecule has 3 rings (SSSR count). The van der Waals surface area contributed by atoms with E-state index in [0.29, 0.717) is 32.1 Å². The Balaban J connectivity index is 1.47. The normalized spacial score (nSPS) is 25.8. The molecule has 0 saturated carbocycles. The summed E-state index contributed by atoms with van der Waals surface area (Å²) in [7, 11) is 0. The average Bonchev–Trinajstić information content (AvgIpc) is 2.59. The molecule has 1 aromatic carbocycles. The van der Waals surface area contributed by atoms with E-state index in [0.717, 1.165) is 31.7 Å². The summed E-state index contributed by atoms with van der Waals surface area (Å²) in [5, 5.41) is 9.95. The van der Waals surface area contributed by atoms with Crippen LogP contribution in [0.25, 0.3) is 0 Å². The maximum Gasteiger partial charge on any atom is 0.236 e. The number of carbonyl (C=O) groups excluding carboxylic acids is 1. The lowest BCUT2D eigenvalue weighted by Crippen LogP contribution is -2.53. The van der Waals surface area contributed by atoms with Gasteiger partial charge in [-0.1, -0.05) is 6.92 Å². The van der Waals surface area contributed by atoms with Crippen molar-refractivity contribution in [1.29, 1.82) is 0 Å². The third-order valence-corrected chi connectivity index (χ3v) is 5.19. The highest BCUT2D eigenvalue weighted by molar-refractivity contribution is 5.78. The average molecular weight is 335 g/mol. The number of rotatable bonds is 3. The fraction of sp³-hybridized carbons (Fsp3) is 0.611. The zero-order valence-electron chi connectivity index (χ0n) is 14.2. The van der Waals surface area contributed by atoms with Crippen LogP contribution in [0.1, 0.15) is 13.3 Å². The number of carbonyl (C=O) groups is 1. The molecule has 2 heterocycles. The lowest BCUT2D eigenvalue weighted by atomic mass is 9.96. The molecule has 0 aromatic heterocycles. The Morgan fingerprint density at radius 3 is 2.46 bits per heavy atom. The highest BCUT2D eigenvalue weighted by atomic mass is 19.1. The van der Waals surface area contributed by atoms with Crippen molar-refractivity contribution in [3.63, 3.8) is 0 Å². The number of benzene rings is 1. The number of amides is 1. The highest BCUT2D eigenvalue weighted by Gasteiger charge is 2.28. The molecule has 2 unspecified atom stereocenters. The molecule has 0 spiro atoms. The van der Waals surface area contributed by atoms with Crippen molar-refractivity contribution in [2.45, 2.75) is 19.4 Å². The van der Waals surface area contributed by atoms with E-state index in [2.05, 4.69) is 16.7 Å². The van der Waals surface area contributed by atoms with E-state index in [-0.39, 0.29) is 17.8 Å². The highest BCUT2D eigenvalue weighted by Crippen LogP contribution is 2.19. The standard InChI is InChI=1S/C18H26FN3O2/c1-14-6-7-20(12-17(14)23)13-18(24)22-10-8-21(9-11-22)16-4-2-15(19)3-5-16/h2-5,14,17,23H,6-13H2,1H3. The van der Waals surface area contributed by atoms with E-state index >= 15 is 0 Å². The van der Waals surface area contributed by atoms with Crippen LogP contribution in [0.5, 0.6) is 0 Å². The quantitative estimate of drug-likeness (QED) is 0.901. The van der Waals surface area contributed by atoms with Crippen LogP contribution < -0.4 is 4.90 Å². The first-order valence-corrected chi connectivity index (χ1v) is 8.71. The fourth-order valence-corrected chi connectivity index (χ4v) is 3.42. The molecule has 0 bridgehead atoms. The minimum atomic E-state index is -0.332. The molecular weight excluding hydrogens is 309 g/mol. The van der Waals surface area contributed by atoms with Crippen molar-refractivity contribution in [1.82, 2.24) is 9.80 Å². The molecule has 0 radical (unpaired) electrons. The molecule has 6 heteroatoms. The number of aliphatic hydroxyl groups excluding tert-OH is 1. The van der Waals surface area contributed by atoms with Gasteiger partial charge in [0.15, 0.2) is 0 Å². The number of hydrogen-bond acceptors (Lipinski definition) is 4. The molecule has 1 N–H and O–H groups in total. The van der Waals surface area contributed by atoms with Crippen LogP contribution in [0.4, 0.5) is 10.1 Å². The predicted octanol–water partition coefficient (Wildman–Crippen LogP) is 1.18. The van der Waals surface area contributed by atoms with Gasteiger partial charge < -0.3 is 14.9 Å². The summed E-state index contributed by atoms with van der Waals surface area (Å²) in [5.74, 6) is 0.219. The fourth-order valence-electron chi connectivity index (χ4n) is 3.42. The van der Waals surface area contributed by atoms with Crippen molar-refractivity contribution in [3.05, 3.63) is 30.1 Å². The minimum absolute atomic E-state index is 0.135. The number of likely N-dealkylation sites (tertiary alicyclic amines) is 1. The monoisotopic (exact) mass is 335 g/mol. The first kappa shape index (κ1) is 17.2. The van der Waals surface area contributed by atoms with Crippen LogP contribution in [0, 0.1) is 11.7 Å². The molecule has 2 aliphatic rings. The maximum atomic E-state index is 13.0. The van der Waals surface area contributed by atoms with Crippen molar-refractivity contribution in [2.24, 2.45) is 5.92 Å². The number of halogens is 1. The number of nitrogens with zero attached hydrogens (tertiary/aromatic N) is 3. The van der Waals surface area contributed by atoms with E-state index in [1.54, 1.807) is 12.1 Å². The first-order valence-electron chi connectivity index (χ1n) is 8.71. The molecule has 2 aliphatic heterocycles. The molecule has 24 heavy (non-hydrogen) atoms. The summed E-state index contributed by atoms with van der Waals surface area (Å²) in [5.41, 5.74) is 0.997. The molecule has 2 atom stereocenters. The van der Waals surface area contributed by atoms with Crippen LogP contribution in [0.2, 0.25) is 0 Å². The van der Waals surface area contributed by atoms with Crippen LogP contribution >= 0.6 is 0 Å². The Bertz CT molecular complexity index is 558. The Hall–Kier alpha value is -1.66. The van der Waals surface area contributed by atoms with Gasteiger partial charge in [-0.25, -0.2) is 4.39 Å². The van der Waals surface area contributed by atoms with E-state index in [1.165, 1.54) is 12.1 Å². The van der Waals surface area contributed by atoms with Crippen LogP contribution in [-0.4, -0.2) is 72.7 Å². The first-order chi connectivity index (χ1) is 11.5. The Kier molecular flexibility index (Phi) is 5.36. The van der Waals surface area contributed by atoms with Gasteiger partial charge in [-0.2, -0.15) is 0 Å². The summed E-state index contributed by atoms with van der Waals surface area (Å²) < 4.78 is 13.0. The number of piperidine rings is 1. The maximum absolute atomic E-state index is 13.0. The lowest BCUT2D eigenvalue weighted by molar-refractivity contribution is -0.133. The van der Waals surface area contributed by atoms with Crippen LogP contribution in [0.15, 0.2) is 24.3 Å². The smallest absolute Gasteiger partial charge is 0.236 e. The minimum Gasteiger partial charge on any atom is -0.392 e. The zero-order valence-corrected chi connectivity index (χ0v) is 14.2. The molecule has 1 amide bonds. The number of piperazine rings is 1. The second kappa shape index (κ2) is 7.49. The Morgan fingerprint density at radius 1 is 1.17 bits per heavy atom. The van der Waals surface area contributed by atoms with Gasteiger partial charge in [0.05, 0.1) is 12.6 Å². The summed E-state index contributed by atoms with van der Waals surface area (Å²) in [6.45, 7) is 6.79. The zero-order chi connectivity index (χ0) is 17.1. The van der Waals surface area contributed by atoms with Gasteiger partial charge >= 0.3 is 0 Å². The molecular formula is C18H26FN3O2. The van der Waals surface area contributed by atoms with E-state index in [1.807, 2.05) is 4.90 Å². The summed E-state index contributed by atoms with van der Waals surface area (Å²) in [6.07, 6.45) is 0.606. The van der Waals surface area contributed by atoms with Gasteiger partial charge in [-0.15, -0.1) is 0 Å². The Morgan fingerprint density at radius 2 is 1.83 bits per heavy atom. The summed E-state index contributed by atoms with van der Waals surface area (Å²) >= 11 is 0. The molecule has 1 aromatic rings. The third-order valence-electron chi connectivity index (χ3n) is 5.19. The van der Waals surface area contributed by atoms with Crippen molar-refractivity contribution >= 4 is 11.6 Å². The van der Waals surface area contributed by atoms with Crippen LogP contribution in [0.3, 0.4) is 0 Å². The van der Waals surface area contributed by atoms with E-state index in [4.69, 9.17) is 0 Å². The second-order valence-corrected chi connectivity index (χ2v) is 6.91. The van der Waals surface area contributed by atoms with Crippen molar-refractivity contribution < 1.29 is 14.3 Å². The van der Waals surface area contributed by atoms with E-state index in [9.17, 15) is 14.3 Å². The third kappa shape index (κ3) is 4.05. The summed E-state index contributed by atoms with van der Waals surface area (Å²) in [6, 6.07) is 6.50. The number of aliphatic hydroxyl groups is 1. The number of anilines is 1. The largest absolute Gasteiger partial charge is 0.392 e. The number of hydrogen-bond donors (Lipinski definition) is 1. The lowest BCUT2D eigenvalue weighted by Gasteiger charge is -2.38. The molecule has 132 valence electrons. The second-order valence-electron chi connectivity index (χ2n) is 6.91. The van der Waals surface area contributed by atoms with Gasteiger partial charge in [0.25, 0.3) is 0 Å². The predicted molar refractivity (Wildman–Crippen MR) is 91.4 cm³/mol. The van der Waals surface area contributed by atoms with Gasteiger partial charge in [0.1, 0.15) is 5.82 Å². The molecule has 5 nitrogen and oxygen atoms in total. The van der Waals surface area contributed by atoms with Gasteiger partial charge in [0.2, 0.25) is 5.91 Å². The number of β-amino-alcohol motifs (C(OH)–C–C–N with tert-alkyl or cyclic N) is 1. The topological polar surface area (TPSA) is 47.0 Å². The Labute approximate surface area is 142 Å². The van der Waals surface area contributed by atoms with Crippen LogP contribution in [-0.2, 0) is 4.79 Å². The van der Waals surface area contributed by atoms with Gasteiger partial charge in [-0.05, 0) is 43.1 Å². The SMILES string of the molecule is CC1CCN(CC(=O)N2CCN(c3ccc(F)cc3)CC2)CC1O. The van der Waals surface area contributed by atoms with Gasteiger partial charge in [-0.3, -0.25) is 9.69 Å². The molecule has 2 saturated heterocycles. The molecule has 0 aliphatic carbocycles. The van der Waals surface area contributed by atoms with E-state index < -0.39 is 0 Å². The van der Waals surface area contributed by atoms with Crippen molar-refractivity contribution in [2.75, 3.05) is 50.7 Å². The molecule has 2 fully saturated rings. The van der Waals surface area contributed by atoms with Crippen molar-refractivity contribution in [3.8, 4) is 0 Å².